The van der Waals surface area contributed by atoms with Gasteiger partial charge in [0.1, 0.15) is 5.69 Å². The predicted molar refractivity (Wildman–Crippen MR) is 80.2 cm³/mol. The highest BCUT2D eigenvalue weighted by molar-refractivity contribution is 5.88. The van der Waals surface area contributed by atoms with Gasteiger partial charge in [0.05, 0.1) is 13.3 Å². The van der Waals surface area contributed by atoms with Crippen molar-refractivity contribution in [3.05, 3.63) is 42.2 Å². The van der Waals surface area contributed by atoms with Gasteiger partial charge in [-0.05, 0) is 5.92 Å². The monoisotopic (exact) mass is 283 g/mol. The van der Waals surface area contributed by atoms with Crippen LogP contribution in [0.3, 0.4) is 0 Å². The summed E-state index contributed by atoms with van der Waals surface area (Å²) < 4.78 is 4.73. The molecule has 1 aliphatic heterocycles. The summed E-state index contributed by atoms with van der Waals surface area (Å²) >= 11 is 0. The summed E-state index contributed by atoms with van der Waals surface area (Å²) in [5.41, 5.74) is 1.91. The van der Waals surface area contributed by atoms with Crippen molar-refractivity contribution in [2.75, 3.05) is 25.1 Å². The molecule has 0 saturated carbocycles. The minimum Gasteiger partial charge on any atom is -0.464 e. The van der Waals surface area contributed by atoms with E-state index in [9.17, 15) is 4.79 Å². The average Bonchev–Trinajstić information content (AvgIpc) is 2.51. The maximum Gasteiger partial charge on any atom is 0.358 e. The van der Waals surface area contributed by atoms with Crippen LogP contribution in [0.5, 0.6) is 0 Å². The van der Waals surface area contributed by atoms with Gasteiger partial charge in [0, 0.05) is 18.7 Å². The molecule has 0 radical (unpaired) electrons. The van der Waals surface area contributed by atoms with Crippen molar-refractivity contribution in [1.29, 1.82) is 0 Å². The number of ether oxygens (including phenoxy) is 1. The van der Waals surface area contributed by atoms with Crippen LogP contribution in [0.25, 0.3) is 11.3 Å². The summed E-state index contributed by atoms with van der Waals surface area (Å²) in [4.78, 5) is 22.8. The van der Waals surface area contributed by atoms with Gasteiger partial charge in [-0.1, -0.05) is 37.3 Å². The molecule has 108 valence electrons. The van der Waals surface area contributed by atoms with Crippen LogP contribution < -0.4 is 4.90 Å². The van der Waals surface area contributed by atoms with Crippen molar-refractivity contribution in [2.45, 2.75) is 6.92 Å². The Bertz CT molecular complexity index is 652. The summed E-state index contributed by atoms with van der Waals surface area (Å²) in [6, 6.07) is 9.79. The van der Waals surface area contributed by atoms with Crippen molar-refractivity contribution < 1.29 is 9.53 Å². The summed E-state index contributed by atoms with van der Waals surface area (Å²) in [6.07, 6.45) is 1.48. The van der Waals surface area contributed by atoms with Crippen LogP contribution in [0.4, 0.5) is 5.82 Å². The molecule has 1 aromatic carbocycles. The van der Waals surface area contributed by atoms with E-state index in [0.29, 0.717) is 5.92 Å². The molecule has 0 N–H and O–H groups in total. The lowest BCUT2D eigenvalue weighted by Crippen LogP contribution is -2.46. The molecule has 5 heteroatoms. The van der Waals surface area contributed by atoms with E-state index >= 15 is 0 Å². The van der Waals surface area contributed by atoms with Crippen LogP contribution in [-0.4, -0.2) is 36.1 Å². The Balaban J connectivity index is 2.05. The first-order chi connectivity index (χ1) is 10.2. The van der Waals surface area contributed by atoms with Gasteiger partial charge in [-0.3, -0.25) is 0 Å². The van der Waals surface area contributed by atoms with Gasteiger partial charge in [0.2, 0.25) is 0 Å². The normalized spacial score (nSPS) is 14.7. The molecule has 1 saturated heterocycles. The number of rotatable bonds is 3. The van der Waals surface area contributed by atoms with Gasteiger partial charge < -0.3 is 9.64 Å². The molecule has 0 bridgehead atoms. The van der Waals surface area contributed by atoms with E-state index in [0.717, 1.165) is 30.2 Å². The largest absolute Gasteiger partial charge is 0.464 e. The molecule has 1 fully saturated rings. The molecule has 2 heterocycles. The fraction of sp³-hybridized carbons (Fsp3) is 0.312. The van der Waals surface area contributed by atoms with E-state index in [1.54, 1.807) is 0 Å². The van der Waals surface area contributed by atoms with E-state index < -0.39 is 5.97 Å². The van der Waals surface area contributed by atoms with Crippen molar-refractivity contribution in [2.24, 2.45) is 5.92 Å². The Morgan fingerprint density at radius 2 is 2.00 bits per heavy atom. The third-order valence-electron chi connectivity index (χ3n) is 3.56. The van der Waals surface area contributed by atoms with Crippen LogP contribution in [-0.2, 0) is 4.74 Å². The Labute approximate surface area is 123 Å². The molecule has 0 unspecified atom stereocenters. The number of hydrogen-bond donors (Lipinski definition) is 0. The summed E-state index contributed by atoms with van der Waals surface area (Å²) in [6.45, 7) is 4.13. The third-order valence-corrected chi connectivity index (χ3v) is 3.56. The molecule has 1 aliphatic rings. The van der Waals surface area contributed by atoms with Crippen molar-refractivity contribution in [3.63, 3.8) is 0 Å². The summed E-state index contributed by atoms with van der Waals surface area (Å²) in [7, 11) is 1.34. The number of nitrogens with zero attached hydrogens (tertiary/aromatic N) is 3. The zero-order valence-electron chi connectivity index (χ0n) is 12.1. The minimum absolute atomic E-state index is 0.230. The Morgan fingerprint density at radius 3 is 2.62 bits per heavy atom. The van der Waals surface area contributed by atoms with Gasteiger partial charge >= 0.3 is 5.97 Å². The lowest BCUT2D eigenvalue weighted by atomic mass is 10.0. The number of hydrogen-bond acceptors (Lipinski definition) is 5. The van der Waals surface area contributed by atoms with Gasteiger partial charge in [0.15, 0.2) is 11.5 Å². The van der Waals surface area contributed by atoms with Gasteiger partial charge in [0.25, 0.3) is 0 Å². The average molecular weight is 283 g/mol. The lowest BCUT2D eigenvalue weighted by Gasteiger charge is -2.38. The first-order valence-corrected chi connectivity index (χ1v) is 6.94. The molecule has 3 rings (SSSR count). The van der Waals surface area contributed by atoms with E-state index in [-0.39, 0.29) is 5.69 Å². The van der Waals surface area contributed by atoms with Gasteiger partial charge in [-0.2, -0.15) is 0 Å². The third kappa shape index (κ3) is 2.59. The number of aromatic nitrogens is 2. The SMILES string of the molecule is COC(=O)c1cnc(N2CC(C)C2)c(-c2ccccc2)n1. The maximum atomic E-state index is 11.7. The summed E-state index contributed by atoms with van der Waals surface area (Å²) in [5, 5.41) is 0. The van der Waals surface area contributed by atoms with Crippen LogP contribution in [0.2, 0.25) is 0 Å². The van der Waals surface area contributed by atoms with Crippen molar-refractivity contribution in [1.82, 2.24) is 9.97 Å². The molecule has 0 spiro atoms. The zero-order valence-corrected chi connectivity index (χ0v) is 12.1. The predicted octanol–water partition coefficient (Wildman–Crippen LogP) is 2.39. The van der Waals surface area contributed by atoms with E-state index in [1.165, 1.54) is 13.3 Å². The highest BCUT2D eigenvalue weighted by Gasteiger charge is 2.27. The van der Waals surface area contributed by atoms with E-state index in [2.05, 4.69) is 21.8 Å². The first-order valence-electron chi connectivity index (χ1n) is 6.94. The van der Waals surface area contributed by atoms with Gasteiger partial charge in [-0.25, -0.2) is 14.8 Å². The van der Waals surface area contributed by atoms with Crippen LogP contribution in [0.1, 0.15) is 17.4 Å². The second-order valence-corrected chi connectivity index (χ2v) is 5.30. The molecule has 0 amide bonds. The lowest BCUT2D eigenvalue weighted by molar-refractivity contribution is 0.0593. The number of anilines is 1. The smallest absolute Gasteiger partial charge is 0.358 e. The van der Waals surface area contributed by atoms with Crippen LogP contribution in [0, 0.1) is 5.92 Å². The standard InChI is InChI=1S/C16H17N3O2/c1-11-9-19(10-11)15-14(12-6-4-3-5-7-12)18-13(8-17-15)16(20)21-2/h3-8,11H,9-10H2,1-2H3. The molecule has 2 aromatic rings. The zero-order chi connectivity index (χ0) is 14.8. The highest BCUT2D eigenvalue weighted by atomic mass is 16.5. The second kappa shape index (κ2) is 5.52. The van der Waals surface area contributed by atoms with Gasteiger partial charge in [-0.15, -0.1) is 0 Å². The Kier molecular flexibility index (Phi) is 3.56. The number of carbonyl (C=O) groups is 1. The Hall–Kier alpha value is -2.43. The van der Waals surface area contributed by atoms with Crippen molar-refractivity contribution >= 4 is 11.8 Å². The summed E-state index contributed by atoms with van der Waals surface area (Å²) in [5.74, 6) is 1.02. The van der Waals surface area contributed by atoms with E-state index in [4.69, 9.17) is 4.74 Å². The number of benzene rings is 1. The molecule has 1 aromatic heterocycles. The molecule has 0 aliphatic carbocycles. The molecule has 5 nitrogen and oxygen atoms in total. The molecule has 21 heavy (non-hydrogen) atoms. The Morgan fingerprint density at radius 1 is 1.29 bits per heavy atom. The highest BCUT2D eigenvalue weighted by Crippen LogP contribution is 2.31. The minimum atomic E-state index is -0.469. The first kappa shape index (κ1) is 13.5. The number of carbonyl (C=O) groups excluding carboxylic acids is 1. The number of esters is 1. The van der Waals surface area contributed by atoms with Crippen LogP contribution >= 0.6 is 0 Å². The van der Waals surface area contributed by atoms with E-state index in [1.807, 2.05) is 30.3 Å². The molecular formula is C16H17N3O2. The van der Waals surface area contributed by atoms with Crippen LogP contribution in [0.15, 0.2) is 36.5 Å². The quantitative estimate of drug-likeness (QED) is 0.810. The second-order valence-electron chi connectivity index (χ2n) is 5.30. The topological polar surface area (TPSA) is 55.3 Å². The molecule has 0 atom stereocenters. The fourth-order valence-corrected chi connectivity index (χ4v) is 2.48. The fourth-order valence-electron chi connectivity index (χ4n) is 2.48. The number of methoxy groups -OCH3 is 1. The maximum absolute atomic E-state index is 11.7. The van der Waals surface area contributed by atoms with Crippen molar-refractivity contribution in [3.8, 4) is 11.3 Å². The molecular weight excluding hydrogens is 266 g/mol.